The lowest BCUT2D eigenvalue weighted by atomic mass is 10.1. The summed E-state index contributed by atoms with van der Waals surface area (Å²) in [6, 6.07) is 8.16. The molecule has 0 aliphatic rings. The maximum atomic E-state index is 12.5. The molecule has 1 aromatic carbocycles. The van der Waals surface area contributed by atoms with Crippen LogP contribution in [-0.2, 0) is 11.2 Å². The minimum atomic E-state index is -0.350. The molecule has 0 saturated heterocycles. The summed E-state index contributed by atoms with van der Waals surface area (Å²) in [4.78, 5) is 41.8. The van der Waals surface area contributed by atoms with Gasteiger partial charge in [-0.15, -0.1) is 22.7 Å². The quantitative estimate of drug-likeness (QED) is 0.483. The molecule has 30 heavy (non-hydrogen) atoms. The maximum Gasteiger partial charge on any atom is 0.267 e. The molecule has 2 heterocycles. The van der Waals surface area contributed by atoms with Crippen molar-refractivity contribution in [3.63, 3.8) is 0 Å². The number of carbonyl (C=O) groups is 3. The van der Waals surface area contributed by atoms with Crippen LogP contribution in [0, 0.1) is 0 Å². The Hall–Kier alpha value is -2.75. The molecule has 0 aliphatic heterocycles. The van der Waals surface area contributed by atoms with Crippen molar-refractivity contribution in [1.29, 1.82) is 0 Å². The number of rotatable bonds is 7. The van der Waals surface area contributed by atoms with Crippen LogP contribution in [0.15, 0.2) is 41.1 Å². The van der Waals surface area contributed by atoms with Crippen molar-refractivity contribution < 1.29 is 14.4 Å². The van der Waals surface area contributed by atoms with E-state index in [4.69, 9.17) is 11.6 Å². The lowest BCUT2D eigenvalue weighted by Crippen LogP contribution is -2.31. The predicted molar refractivity (Wildman–Crippen MR) is 121 cm³/mol. The van der Waals surface area contributed by atoms with E-state index in [-0.39, 0.29) is 30.2 Å². The third-order valence-electron chi connectivity index (χ3n) is 3.78. The van der Waals surface area contributed by atoms with Crippen LogP contribution in [-0.4, -0.2) is 28.7 Å². The average molecular weight is 463 g/mol. The Balaban J connectivity index is 1.65. The number of thiazole rings is 1. The van der Waals surface area contributed by atoms with Crippen LogP contribution in [0.2, 0.25) is 5.02 Å². The van der Waals surface area contributed by atoms with Crippen molar-refractivity contribution >= 4 is 62.8 Å². The van der Waals surface area contributed by atoms with Crippen LogP contribution >= 0.6 is 34.3 Å². The molecule has 156 valence electrons. The number of hydrogen-bond donors (Lipinski definition) is 3. The summed E-state index contributed by atoms with van der Waals surface area (Å²) >= 11 is 8.60. The highest BCUT2D eigenvalue weighted by atomic mass is 35.5. The van der Waals surface area contributed by atoms with Crippen LogP contribution in [0.4, 0.5) is 10.8 Å². The zero-order chi connectivity index (χ0) is 21.7. The lowest BCUT2D eigenvalue weighted by molar-refractivity contribution is -0.115. The fourth-order valence-corrected chi connectivity index (χ4v) is 4.03. The predicted octanol–water partition coefficient (Wildman–Crippen LogP) is 4.43. The second-order valence-corrected chi connectivity index (χ2v) is 8.86. The Bertz CT molecular complexity index is 1060. The molecule has 3 rings (SSSR count). The van der Waals surface area contributed by atoms with Crippen molar-refractivity contribution in [2.45, 2.75) is 26.3 Å². The maximum absolute atomic E-state index is 12.5. The molecule has 3 amide bonds. The Morgan fingerprint density at radius 3 is 2.60 bits per heavy atom. The van der Waals surface area contributed by atoms with Gasteiger partial charge >= 0.3 is 0 Å². The second-order valence-electron chi connectivity index (χ2n) is 6.62. The van der Waals surface area contributed by atoms with E-state index >= 15 is 0 Å². The normalized spacial score (nSPS) is 10.7. The fourth-order valence-electron chi connectivity index (χ4n) is 2.53. The van der Waals surface area contributed by atoms with Crippen molar-refractivity contribution in [2.24, 2.45) is 0 Å². The molecule has 0 saturated carbocycles. The van der Waals surface area contributed by atoms with E-state index in [1.807, 2.05) is 19.2 Å². The van der Waals surface area contributed by atoms with Crippen molar-refractivity contribution in [3.05, 3.63) is 62.2 Å². The highest BCUT2D eigenvalue weighted by molar-refractivity contribution is 7.14. The summed E-state index contributed by atoms with van der Waals surface area (Å²) in [5.74, 6) is -0.892. The van der Waals surface area contributed by atoms with Gasteiger partial charge in [0.15, 0.2) is 5.13 Å². The molecular weight excluding hydrogens is 444 g/mol. The van der Waals surface area contributed by atoms with Gasteiger partial charge in [-0.05, 0) is 43.5 Å². The Kier molecular flexibility index (Phi) is 7.20. The van der Waals surface area contributed by atoms with Gasteiger partial charge in [-0.2, -0.15) is 0 Å². The van der Waals surface area contributed by atoms with Crippen molar-refractivity contribution in [1.82, 2.24) is 10.3 Å². The number of aromatic nitrogens is 1. The Labute approximate surface area is 186 Å². The molecule has 3 aromatic rings. The highest BCUT2D eigenvalue weighted by Gasteiger charge is 2.16. The number of anilines is 2. The van der Waals surface area contributed by atoms with Crippen molar-refractivity contribution in [3.8, 4) is 0 Å². The molecule has 10 heteroatoms. The number of amides is 3. The minimum absolute atomic E-state index is 0.0108. The van der Waals surface area contributed by atoms with Gasteiger partial charge in [-0.3, -0.25) is 19.7 Å². The first-order valence-electron chi connectivity index (χ1n) is 9.01. The van der Waals surface area contributed by atoms with Crippen LogP contribution in [0.25, 0.3) is 0 Å². The van der Waals surface area contributed by atoms with E-state index in [0.29, 0.717) is 32.0 Å². The fraction of sp³-hybridized carbons (Fsp3) is 0.200. The topological polar surface area (TPSA) is 100 Å². The molecule has 0 aliphatic carbocycles. The first-order chi connectivity index (χ1) is 14.3. The highest BCUT2D eigenvalue weighted by Crippen LogP contribution is 2.23. The van der Waals surface area contributed by atoms with Gasteiger partial charge in [-0.25, -0.2) is 4.98 Å². The molecule has 0 unspecified atom stereocenters. The molecule has 2 aromatic heterocycles. The number of benzene rings is 1. The standard InChI is InChI=1S/C20H19ClN4O3S2/c1-11(2)22-18(27)14-6-5-12(21)8-15(14)24-17(26)9-13-10-30-20(23-13)25-19(28)16-4-3-7-29-16/h3-8,10-11H,9H2,1-2H3,(H,22,27)(H,24,26)(H,23,25,28). The molecule has 0 radical (unpaired) electrons. The molecular formula is C20H19ClN4O3S2. The first kappa shape index (κ1) is 21.9. The smallest absolute Gasteiger partial charge is 0.267 e. The summed E-state index contributed by atoms with van der Waals surface area (Å²) in [6.45, 7) is 3.70. The summed E-state index contributed by atoms with van der Waals surface area (Å²) in [5, 5.41) is 12.6. The van der Waals surface area contributed by atoms with Gasteiger partial charge < -0.3 is 10.6 Å². The van der Waals surface area contributed by atoms with Gasteiger partial charge in [0.1, 0.15) is 0 Å². The van der Waals surface area contributed by atoms with E-state index < -0.39 is 0 Å². The molecule has 0 atom stereocenters. The molecule has 0 bridgehead atoms. The lowest BCUT2D eigenvalue weighted by Gasteiger charge is -2.13. The minimum Gasteiger partial charge on any atom is -0.350 e. The van der Waals surface area contributed by atoms with Crippen LogP contribution in [0.1, 0.15) is 39.6 Å². The number of nitrogens with zero attached hydrogens (tertiary/aromatic N) is 1. The largest absolute Gasteiger partial charge is 0.350 e. The van der Waals surface area contributed by atoms with Gasteiger partial charge in [-0.1, -0.05) is 17.7 Å². The first-order valence-corrected chi connectivity index (χ1v) is 11.1. The van der Waals surface area contributed by atoms with E-state index in [2.05, 4.69) is 20.9 Å². The third kappa shape index (κ3) is 5.88. The van der Waals surface area contributed by atoms with E-state index in [1.54, 1.807) is 29.6 Å². The Morgan fingerprint density at radius 2 is 1.90 bits per heavy atom. The van der Waals surface area contributed by atoms with Crippen LogP contribution in [0.5, 0.6) is 0 Å². The monoisotopic (exact) mass is 462 g/mol. The van der Waals surface area contributed by atoms with E-state index in [0.717, 1.165) is 0 Å². The zero-order valence-electron chi connectivity index (χ0n) is 16.2. The molecule has 7 nitrogen and oxygen atoms in total. The number of hydrogen-bond acceptors (Lipinski definition) is 6. The summed E-state index contributed by atoms with van der Waals surface area (Å²) < 4.78 is 0. The van der Waals surface area contributed by atoms with Gasteiger partial charge in [0.05, 0.1) is 28.2 Å². The summed E-state index contributed by atoms with van der Waals surface area (Å²) in [7, 11) is 0. The average Bonchev–Trinajstić information content (AvgIpc) is 3.33. The van der Waals surface area contributed by atoms with Crippen LogP contribution < -0.4 is 16.0 Å². The van der Waals surface area contributed by atoms with E-state index in [9.17, 15) is 14.4 Å². The number of thiophene rings is 1. The van der Waals surface area contributed by atoms with E-state index in [1.165, 1.54) is 28.7 Å². The third-order valence-corrected chi connectivity index (χ3v) is 5.69. The zero-order valence-corrected chi connectivity index (χ0v) is 18.6. The van der Waals surface area contributed by atoms with Gasteiger partial charge in [0.2, 0.25) is 5.91 Å². The number of nitrogens with one attached hydrogen (secondary N) is 3. The number of carbonyl (C=O) groups excluding carboxylic acids is 3. The second kappa shape index (κ2) is 9.84. The summed E-state index contributed by atoms with van der Waals surface area (Å²) in [6.07, 6.45) is -0.0108. The Morgan fingerprint density at radius 1 is 1.10 bits per heavy atom. The SMILES string of the molecule is CC(C)NC(=O)c1ccc(Cl)cc1NC(=O)Cc1csc(NC(=O)c2cccs2)n1. The molecule has 3 N–H and O–H groups in total. The van der Waals surface area contributed by atoms with Crippen LogP contribution in [0.3, 0.4) is 0 Å². The molecule has 0 fully saturated rings. The number of halogens is 1. The van der Waals surface area contributed by atoms with Gasteiger partial charge in [0, 0.05) is 16.4 Å². The molecule has 0 spiro atoms. The summed E-state index contributed by atoms with van der Waals surface area (Å²) in [5.41, 5.74) is 1.16. The van der Waals surface area contributed by atoms with Crippen molar-refractivity contribution in [2.75, 3.05) is 10.6 Å². The van der Waals surface area contributed by atoms with Gasteiger partial charge in [0.25, 0.3) is 11.8 Å².